The zero-order valence-corrected chi connectivity index (χ0v) is 14.1. The van der Waals surface area contributed by atoms with E-state index in [-0.39, 0.29) is 30.3 Å². The van der Waals surface area contributed by atoms with E-state index in [1.165, 1.54) is 23.5 Å². The Morgan fingerprint density at radius 1 is 1.26 bits per heavy atom. The van der Waals surface area contributed by atoms with E-state index < -0.39 is 15.8 Å². The summed E-state index contributed by atoms with van der Waals surface area (Å²) in [7, 11) is -1.85. The van der Waals surface area contributed by atoms with Crippen molar-refractivity contribution in [1.29, 1.82) is 0 Å². The van der Waals surface area contributed by atoms with Gasteiger partial charge < -0.3 is 9.64 Å². The summed E-state index contributed by atoms with van der Waals surface area (Å²) in [6.45, 7) is 2.94. The SMILES string of the molecule is CCS(=O)(=O)N1CCCN(C(=O)c2cc(F)ccc2OC)CC1. The van der Waals surface area contributed by atoms with E-state index in [2.05, 4.69) is 0 Å². The van der Waals surface area contributed by atoms with Gasteiger partial charge in [0.2, 0.25) is 10.0 Å². The monoisotopic (exact) mass is 344 g/mol. The van der Waals surface area contributed by atoms with Crippen LogP contribution in [0.25, 0.3) is 0 Å². The van der Waals surface area contributed by atoms with Gasteiger partial charge in [0.15, 0.2) is 0 Å². The van der Waals surface area contributed by atoms with Crippen LogP contribution < -0.4 is 4.74 Å². The molecule has 23 heavy (non-hydrogen) atoms. The largest absolute Gasteiger partial charge is 0.496 e. The van der Waals surface area contributed by atoms with Crippen molar-refractivity contribution < 1.29 is 22.3 Å². The molecule has 1 aromatic rings. The zero-order chi connectivity index (χ0) is 17.0. The molecule has 0 bridgehead atoms. The second kappa shape index (κ2) is 7.27. The van der Waals surface area contributed by atoms with E-state index in [4.69, 9.17) is 4.74 Å². The molecule has 6 nitrogen and oxygen atoms in total. The fraction of sp³-hybridized carbons (Fsp3) is 0.533. The van der Waals surface area contributed by atoms with E-state index in [0.717, 1.165) is 6.07 Å². The molecule has 128 valence electrons. The van der Waals surface area contributed by atoms with Crippen molar-refractivity contribution in [2.45, 2.75) is 13.3 Å². The number of sulfonamides is 1. The third kappa shape index (κ3) is 4.00. The highest BCUT2D eigenvalue weighted by atomic mass is 32.2. The number of amides is 1. The van der Waals surface area contributed by atoms with Gasteiger partial charge in [-0.15, -0.1) is 0 Å². The van der Waals surface area contributed by atoms with Crippen LogP contribution in [0.5, 0.6) is 5.75 Å². The Morgan fingerprint density at radius 3 is 2.65 bits per heavy atom. The van der Waals surface area contributed by atoms with Crippen molar-refractivity contribution in [2.75, 3.05) is 39.0 Å². The van der Waals surface area contributed by atoms with Crippen LogP contribution in [0.3, 0.4) is 0 Å². The molecule has 0 atom stereocenters. The van der Waals surface area contributed by atoms with Crippen molar-refractivity contribution in [1.82, 2.24) is 9.21 Å². The summed E-state index contributed by atoms with van der Waals surface area (Å²) in [5.74, 6) is -0.520. The lowest BCUT2D eigenvalue weighted by molar-refractivity contribution is 0.0760. The number of benzene rings is 1. The summed E-state index contributed by atoms with van der Waals surface area (Å²) >= 11 is 0. The average molecular weight is 344 g/mol. The molecule has 1 saturated heterocycles. The van der Waals surface area contributed by atoms with E-state index in [0.29, 0.717) is 25.3 Å². The molecule has 0 aromatic heterocycles. The molecular weight excluding hydrogens is 323 g/mol. The Kier molecular flexibility index (Phi) is 5.59. The lowest BCUT2D eigenvalue weighted by atomic mass is 10.1. The highest BCUT2D eigenvalue weighted by Gasteiger charge is 2.27. The van der Waals surface area contributed by atoms with E-state index >= 15 is 0 Å². The minimum Gasteiger partial charge on any atom is -0.496 e. The van der Waals surface area contributed by atoms with Gasteiger partial charge in [-0.2, -0.15) is 0 Å². The molecule has 0 radical (unpaired) electrons. The molecule has 1 aliphatic heterocycles. The summed E-state index contributed by atoms with van der Waals surface area (Å²) in [6, 6.07) is 3.79. The summed E-state index contributed by atoms with van der Waals surface area (Å²) in [5, 5.41) is 0. The topological polar surface area (TPSA) is 66.9 Å². The van der Waals surface area contributed by atoms with Gasteiger partial charge in [-0.3, -0.25) is 4.79 Å². The molecule has 0 saturated carbocycles. The molecule has 1 aliphatic rings. The van der Waals surface area contributed by atoms with Gasteiger partial charge in [0.1, 0.15) is 11.6 Å². The standard InChI is InChI=1S/C15H21FN2O4S/c1-3-23(20,21)18-8-4-7-17(9-10-18)15(19)13-11-12(16)5-6-14(13)22-2/h5-6,11H,3-4,7-10H2,1-2H3. The van der Waals surface area contributed by atoms with Gasteiger partial charge >= 0.3 is 0 Å². The van der Waals surface area contributed by atoms with Crippen LogP contribution >= 0.6 is 0 Å². The lowest BCUT2D eigenvalue weighted by Gasteiger charge is -2.22. The third-order valence-corrected chi connectivity index (χ3v) is 5.77. The molecule has 0 unspecified atom stereocenters. The molecule has 1 fully saturated rings. The third-order valence-electron chi connectivity index (χ3n) is 3.89. The predicted molar refractivity (Wildman–Crippen MR) is 84.5 cm³/mol. The number of ether oxygens (including phenoxy) is 1. The van der Waals surface area contributed by atoms with Gasteiger partial charge in [-0.25, -0.2) is 17.1 Å². The normalized spacial score (nSPS) is 16.9. The van der Waals surface area contributed by atoms with Gasteiger partial charge in [0, 0.05) is 26.2 Å². The van der Waals surface area contributed by atoms with Gasteiger partial charge in [0.05, 0.1) is 18.4 Å². The highest BCUT2D eigenvalue weighted by molar-refractivity contribution is 7.89. The van der Waals surface area contributed by atoms with Crippen molar-refractivity contribution in [3.63, 3.8) is 0 Å². The first-order valence-corrected chi connectivity index (χ1v) is 9.10. The molecule has 8 heteroatoms. The van der Waals surface area contributed by atoms with E-state index in [1.807, 2.05) is 0 Å². The van der Waals surface area contributed by atoms with Gasteiger partial charge in [-0.1, -0.05) is 0 Å². The van der Waals surface area contributed by atoms with Gasteiger partial charge in [-0.05, 0) is 31.5 Å². The van der Waals surface area contributed by atoms with E-state index in [1.54, 1.807) is 11.8 Å². The minimum absolute atomic E-state index is 0.0403. The molecule has 2 rings (SSSR count). The van der Waals surface area contributed by atoms with E-state index in [9.17, 15) is 17.6 Å². The van der Waals surface area contributed by atoms with Crippen molar-refractivity contribution >= 4 is 15.9 Å². The number of nitrogens with zero attached hydrogens (tertiary/aromatic N) is 2. The van der Waals surface area contributed by atoms with Crippen LogP contribution in [0, 0.1) is 5.82 Å². The number of carbonyl (C=O) groups is 1. The number of hydrogen-bond donors (Lipinski definition) is 0. The fourth-order valence-corrected chi connectivity index (χ4v) is 3.71. The van der Waals surface area contributed by atoms with Gasteiger partial charge in [0.25, 0.3) is 5.91 Å². The molecule has 0 N–H and O–H groups in total. The summed E-state index contributed by atoms with van der Waals surface area (Å²) < 4.78 is 43.9. The fourth-order valence-electron chi connectivity index (χ4n) is 2.58. The average Bonchev–Trinajstić information content (AvgIpc) is 2.80. The Bertz CT molecular complexity index is 678. The van der Waals surface area contributed by atoms with Crippen LogP contribution in [0.1, 0.15) is 23.7 Å². The van der Waals surface area contributed by atoms with Crippen LogP contribution in [-0.2, 0) is 10.0 Å². The lowest BCUT2D eigenvalue weighted by Crippen LogP contribution is -2.38. The Morgan fingerprint density at radius 2 is 2.00 bits per heavy atom. The smallest absolute Gasteiger partial charge is 0.257 e. The molecule has 0 aliphatic carbocycles. The maximum atomic E-state index is 13.4. The Hall–Kier alpha value is -1.67. The number of halogens is 1. The van der Waals surface area contributed by atoms with Crippen molar-refractivity contribution in [3.05, 3.63) is 29.6 Å². The molecule has 0 spiro atoms. The van der Waals surface area contributed by atoms with Crippen LogP contribution in [-0.4, -0.2) is 62.6 Å². The molecule has 1 amide bonds. The highest BCUT2D eigenvalue weighted by Crippen LogP contribution is 2.22. The quantitative estimate of drug-likeness (QED) is 0.826. The second-order valence-electron chi connectivity index (χ2n) is 5.29. The summed E-state index contributed by atoms with van der Waals surface area (Å²) in [6.07, 6.45) is 0.544. The first kappa shape index (κ1) is 17.7. The minimum atomic E-state index is -3.27. The number of hydrogen-bond acceptors (Lipinski definition) is 4. The molecule has 1 aromatic carbocycles. The van der Waals surface area contributed by atoms with Crippen LogP contribution in [0.4, 0.5) is 4.39 Å². The Labute approximate surface area is 135 Å². The first-order chi connectivity index (χ1) is 10.9. The van der Waals surface area contributed by atoms with Crippen molar-refractivity contribution in [2.24, 2.45) is 0 Å². The van der Waals surface area contributed by atoms with Crippen LogP contribution in [0.2, 0.25) is 0 Å². The first-order valence-electron chi connectivity index (χ1n) is 7.49. The maximum absolute atomic E-state index is 13.4. The summed E-state index contributed by atoms with van der Waals surface area (Å²) in [5.41, 5.74) is 0.152. The molecular formula is C15H21FN2O4S. The Balaban J connectivity index is 2.17. The number of methoxy groups -OCH3 is 1. The molecule has 1 heterocycles. The predicted octanol–water partition coefficient (Wildman–Crippen LogP) is 1.33. The van der Waals surface area contributed by atoms with Crippen molar-refractivity contribution in [3.8, 4) is 5.75 Å². The zero-order valence-electron chi connectivity index (χ0n) is 13.3. The van der Waals surface area contributed by atoms with Crippen LogP contribution in [0.15, 0.2) is 18.2 Å². The number of rotatable bonds is 4. The summed E-state index contributed by atoms with van der Waals surface area (Å²) in [4.78, 5) is 14.2. The second-order valence-corrected chi connectivity index (χ2v) is 7.55. The number of carbonyl (C=O) groups excluding carboxylic acids is 1. The maximum Gasteiger partial charge on any atom is 0.257 e.